The number of hydrogen-bond acceptors (Lipinski definition) is 3. The van der Waals surface area contributed by atoms with Crippen molar-refractivity contribution in [1.29, 1.82) is 0 Å². The van der Waals surface area contributed by atoms with E-state index in [0.717, 1.165) is 17.6 Å². The van der Waals surface area contributed by atoms with Gasteiger partial charge in [0.05, 0.1) is 0 Å². The zero-order chi connectivity index (χ0) is 11.3. The summed E-state index contributed by atoms with van der Waals surface area (Å²) in [5.74, 6) is 0. The van der Waals surface area contributed by atoms with Gasteiger partial charge in [-0.25, -0.2) is 5.06 Å². The van der Waals surface area contributed by atoms with Gasteiger partial charge >= 0.3 is 7.48 Å². The van der Waals surface area contributed by atoms with Crippen molar-refractivity contribution in [2.45, 2.75) is 27.2 Å². The first-order valence-corrected chi connectivity index (χ1v) is 5.76. The van der Waals surface area contributed by atoms with Crippen LogP contribution in [0, 0.1) is 6.92 Å². The zero-order valence-electron chi connectivity index (χ0n) is 9.33. The fourth-order valence-corrected chi connectivity index (χ4v) is 1.63. The largest absolute Gasteiger partial charge is 0.367 e. The molecule has 0 bridgehead atoms. The Morgan fingerprint density at radius 2 is 2.27 bits per heavy atom. The second kappa shape index (κ2) is 6.25. The average molecular weight is 270 g/mol. The van der Waals surface area contributed by atoms with E-state index >= 15 is 0 Å². The van der Waals surface area contributed by atoms with Crippen LogP contribution in [-0.2, 0) is 11.3 Å². The SMILES string of the molecule is C[B]ON(CC)Cc1cncc(Br)c1C. The van der Waals surface area contributed by atoms with Crippen LogP contribution in [0.5, 0.6) is 0 Å². The van der Waals surface area contributed by atoms with Gasteiger partial charge < -0.3 is 4.76 Å². The van der Waals surface area contributed by atoms with E-state index in [1.54, 1.807) is 7.48 Å². The maximum absolute atomic E-state index is 5.36. The Labute approximate surface area is 100 Å². The quantitative estimate of drug-likeness (QED) is 0.607. The Balaban J connectivity index is 2.74. The molecule has 1 aromatic rings. The molecule has 1 radical (unpaired) electrons. The van der Waals surface area contributed by atoms with Crippen molar-refractivity contribution in [2.75, 3.05) is 6.54 Å². The average Bonchev–Trinajstić information content (AvgIpc) is 2.24. The molecular formula is C10H15BBrN2O. The summed E-state index contributed by atoms with van der Waals surface area (Å²) in [6.45, 7) is 7.60. The van der Waals surface area contributed by atoms with Crippen LogP contribution in [0.4, 0.5) is 0 Å². The van der Waals surface area contributed by atoms with Crippen LogP contribution in [0.25, 0.3) is 0 Å². The van der Waals surface area contributed by atoms with E-state index in [-0.39, 0.29) is 0 Å². The Kier molecular flexibility index (Phi) is 5.29. The highest BCUT2D eigenvalue weighted by Gasteiger charge is 2.07. The van der Waals surface area contributed by atoms with E-state index in [4.69, 9.17) is 4.76 Å². The number of halogens is 1. The van der Waals surface area contributed by atoms with Gasteiger partial charge in [0, 0.05) is 30.0 Å². The third kappa shape index (κ3) is 3.59. The van der Waals surface area contributed by atoms with Gasteiger partial charge in [0.2, 0.25) is 0 Å². The number of pyridine rings is 1. The van der Waals surface area contributed by atoms with Gasteiger partial charge in [-0.05, 0) is 34.0 Å². The van der Waals surface area contributed by atoms with Crippen molar-refractivity contribution >= 4 is 23.4 Å². The fourth-order valence-electron chi connectivity index (χ4n) is 1.26. The second-order valence-electron chi connectivity index (χ2n) is 3.20. The first-order valence-electron chi connectivity index (χ1n) is 4.97. The van der Waals surface area contributed by atoms with Gasteiger partial charge in [-0.2, -0.15) is 0 Å². The van der Waals surface area contributed by atoms with Gasteiger partial charge in [-0.15, -0.1) is 0 Å². The van der Waals surface area contributed by atoms with E-state index in [1.165, 1.54) is 11.1 Å². The number of nitrogens with zero attached hydrogens (tertiary/aromatic N) is 2. The Morgan fingerprint density at radius 1 is 1.53 bits per heavy atom. The lowest BCUT2D eigenvalue weighted by atomic mass is 10.1. The van der Waals surface area contributed by atoms with Crippen molar-refractivity contribution in [1.82, 2.24) is 10.0 Å². The second-order valence-corrected chi connectivity index (χ2v) is 4.06. The normalized spacial score (nSPS) is 10.7. The molecule has 1 aromatic heterocycles. The van der Waals surface area contributed by atoms with Gasteiger partial charge in [-0.1, -0.05) is 13.7 Å². The highest BCUT2D eigenvalue weighted by atomic mass is 79.9. The fraction of sp³-hybridized carbons (Fsp3) is 0.500. The molecule has 0 N–H and O–H groups in total. The van der Waals surface area contributed by atoms with E-state index < -0.39 is 0 Å². The minimum Gasteiger partial charge on any atom is -0.367 e. The van der Waals surface area contributed by atoms with Crippen molar-refractivity contribution in [3.05, 3.63) is 28.0 Å². The molecule has 5 heteroatoms. The molecule has 81 valence electrons. The Morgan fingerprint density at radius 3 is 2.87 bits per heavy atom. The molecule has 0 atom stereocenters. The molecule has 0 spiro atoms. The lowest BCUT2D eigenvalue weighted by Crippen LogP contribution is -2.24. The molecule has 1 rings (SSSR count). The van der Waals surface area contributed by atoms with E-state index in [9.17, 15) is 0 Å². The molecule has 3 nitrogen and oxygen atoms in total. The zero-order valence-corrected chi connectivity index (χ0v) is 10.9. The predicted octanol–water partition coefficient (Wildman–Crippen LogP) is 2.57. The third-order valence-electron chi connectivity index (χ3n) is 2.21. The Hall–Kier alpha value is -0.385. The highest BCUT2D eigenvalue weighted by molar-refractivity contribution is 9.10. The lowest BCUT2D eigenvalue weighted by molar-refractivity contribution is -0.0601. The molecule has 0 aliphatic heterocycles. The summed E-state index contributed by atoms with van der Waals surface area (Å²) in [6.07, 6.45) is 3.68. The summed E-state index contributed by atoms with van der Waals surface area (Å²) < 4.78 is 6.39. The van der Waals surface area contributed by atoms with Crippen LogP contribution in [0.1, 0.15) is 18.1 Å². The molecule has 0 amide bonds. The summed E-state index contributed by atoms with van der Waals surface area (Å²) in [7, 11) is 1.68. The summed E-state index contributed by atoms with van der Waals surface area (Å²) in [5.41, 5.74) is 2.39. The van der Waals surface area contributed by atoms with E-state index in [0.29, 0.717) is 0 Å². The van der Waals surface area contributed by atoms with Crippen molar-refractivity contribution in [3.8, 4) is 0 Å². The molecular weight excluding hydrogens is 255 g/mol. The first kappa shape index (κ1) is 12.7. The number of rotatable bonds is 5. The van der Waals surface area contributed by atoms with Crippen LogP contribution in [0.2, 0.25) is 6.82 Å². The van der Waals surface area contributed by atoms with Gasteiger partial charge in [0.15, 0.2) is 0 Å². The van der Waals surface area contributed by atoms with Crippen molar-refractivity contribution in [2.24, 2.45) is 0 Å². The molecule has 0 aromatic carbocycles. The summed E-state index contributed by atoms with van der Waals surface area (Å²) in [5, 5.41) is 1.89. The van der Waals surface area contributed by atoms with Gasteiger partial charge in [0.25, 0.3) is 0 Å². The topological polar surface area (TPSA) is 25.4 Å². The van der Waals surface area contributed by atoms with Crippen molar-refractivity contribution in [3.63, 3.8) is 0 Å². The summed E-state index contributed by atoms with van der Waals surface area (Å²) in [4.78, 5) is 4.15. The van der Waals surface area contributed by atoms with Crippen molar-refractivity contribution < 1.29 is 4.76 Å². The smallest absolute Gasteiger partial charge is 0.321 e. The van der Waals surface area contributed by atoms with Crippen LogP contribution in [0.15, 0.2) is 16.9 Å². The third-order valence-corrected chi connectivity index (χ3v) is 3.01. The Bertz CT molecular complexity index is 322. The molecule has 0 saturated carbocycles. The van der Waals surface area contributed by atoms with Gasteiger partial charge in [-0.3, -0.25) is 4.98 Å². The maximum atomic E-state index is 5.36. The molecule has 0 aliphatic carbocycles. The molecule has 0 fully saturated rings. The van der Waals surface area contributed by atoms with Crippen LogP contribution >= 0.6 is 15.9 Å². The van der Waals surface area contributed by atoms with Crippen LogP contribution in [-0.4, -0.2) is 24.1 Å². The standard InChI is InChI=1S/C10H15BBrN2O/c1-4-14(15-11-3)7-9-5-13-6-10(12)8(9)2/h5-6H,4,7H2,1-3H3. The van der Waals surface area contributed by atoms with Crippen LogP contribution < -0.4 is 0 Å². The van der Waals surface area contributed by atoms with E-state index in [2.05, 4.69) is 34.8 Å². The first-order chi connectivity index (χ1) is 7.19. The highest BCUT2D eigenvalue weighted by Crippen LogP contribution is 2.19. The molecule has 0 unspecified atom stereocenters. The molecule has 1 heterocycles. The molecule has 0 saturated heterocycles. The number of aromatic nitrogens is 1. The maximum Gasteiger partial charge on any atom is 0.321 e. The summed E-state index contributed by atoms with van der Waals surface area (Å²) >= 11 is 3.47. The number of hydroxylamine groups is 2. The van der Waals surface area contributed by atoms with E-state index in [1.807, 2.05) is 24.3 Å². The molecule has 15 heavy (non-hydrogen) atoms. The number of hydrogen-bond donors (Lipinski definition) is 0. The minimum absolute atomic E-state index is 0.749. The van der Waals surface area contributed by atoms with Crippen LogP contribution in [0.3, 0.4) is 0 Å². The lowest BCUT2D eigenvalue weighted by Gasteiger charge is -2.20. The summed E-state index contributed by atoms with van der Waals surface area (Å²) in [6, 6.07) is 0. The predicted molar refractivity (Wildman–Crippen MR) is 65.5 cm³/mol. The molecule has 0 aliphatic rings. The monoisotopic (exact) mass is 269 g/mol. The minimum atomic E-state index is 0.749. The van der Waals surface area contributed by atoms with Gasteiger partial charge in [0.1, 0.15) is 0 Å².